The van der Waals surface area contributed by atoms with Crippen LogP contribution in [-0.4, -0.2) is 37.9 Å². The van der Waals surface area contributed by atoms with Crippen molar-refractivity contribution in [3.63, 3.8) is 0 Å². The van der Waals surface area contributed by atoms with E-state index in [1.807, 2.05) is 31.2 Å². The average molecular weight is 400 g/mol. The van der Waals surface area contributed by atoms with Crippen LogP contribution in [-0.2, 0) is 30.2 Å². The summed E-state index contributed by atoms with van der Waals surface area (Å²) in [7, 11) is 3.27. The van der Waals surface area contributed by atoms with Crippen molar-refractivity contribution in [2.75, 3.05) is 13.2 Å². The monoisotopic (exact) mass is 400 g/mol. The minimum Gasteiger partial charge on any atom is -0.493 e. The first-order chi connectivity index (χ1) is 13.9. The van der Waals surface area contributed by atoms with Crippen LogP contribution in [0, 0.1) is 6.92 Å². The van der Waals surface area contributed by atoms with E-state index in [0.29, 0.717) is 17.6 Å². The van der Waals surface area contributed by atoms with Crippen LogP contribution in [0.1, 0.15) is 18.4 Å². The Morgan fingerprint density at radius 1 is 1.14 bits per heavy atom. The fourth-order valence-electron chi connectivity index (χ4n) is 3.04. The van der Waals surface area contributed by atoms with Gasteiger partial charge in [-0.3, -0.25) is 18.7 Å². The quantitative estimate of drug-likeness (QED) is 0.416. The zero-order valence-corrected chi connectivity index (χ0v) is 16.8. The molecule has 9 nitrogen and oxygen atoms in total. The Labute approximate surface area is 167 Å². The van der Waals surface area contributed by atoms with E-state index in [1.54, 1.807) is 18.7 Å². The van der Waals surface area contributed by atoms with Gasteiger partial charge in [-0.2, -0.15) is 0 Å². The molecule has 3 aromatic rings. The minimum absolute atomic E-state index is 0.113. The van der Waals surface area contributed by atoms with Crippen molar-refractivity contribution >= 4 is 17.1 Å². The molecule has 0 amide bonds. The maximum absolute atomic E-state index is 12.6. The van der Waals surface area contributed by atoms with Gasteiger partial charge in [0.1, 0.15) is 5.75 Å². The number of carbonyl (C=O) groups excluding carboxylic acids is 1. The number of fused-ring (bicyclic) bond motifs is 1. The molecule has 0 N–H and O–H groups in total. The predicted molar refractivity (Wildman–Crippen MR) is 107 cm³/mol. The van der Waals surface area contributed by atoms with Crippen molar-refractivity contribution in [1.82, 2.24) is 18.7 Å². The number of hydrogen-bond donors (Lipinski definition) is 0. The van der Waals surface area contributed by atoms with Crippen LogP contribution < -0.4 is 16.0 Å². The lowest BCUT2D eigenvalue weighted by molar-refractivity contribution is -0.144. The molecule has 0 radical (unpaired) electrons. The third-order valence-electron chi connectivity index (χ3n) is 4.65. The Morgan fingerprint density at radius 2 is 1.90 bits per heavy atom. The normalized spacial score (nSPS) is 11.0. The van der Waals surface area contributed by atoms with Gasteiger partial charge < -0.3 is 14.0 Å². The lowest BCUT2D eigenvalue weighted by Gasteiger charge is -2.10. The van der Waals surface area contributed by atoms with E-state index in [2.05, 4.69) is 4.98 Å². The van der Waals surface area contributed by atoms with Crippen molar-refractivity contribution in [3.8, 4) is 5.75 Å². The molecule has 0 bridgehead atoms. The molecule has 1 aromatic carbocycles. The van der Waals surface area contributed by atoms with Gasteiger partial charge in [0.2, 0.25) is 0 Å². The molecule has 0 unspecified atom stereocenters. The van der Waals surface area contributed by atoms with Gasteiger partial charge in [0.15, 0.2) is 11.2 Å². The molecule has 2 heterocycles. The second-order valence-electron chi connectivity index (χ2n) is 6.76. The van der Waals surface area contributed by atoms with E-state index < -0.39 is 11.2 Å². The highest BCUT2D eigenvalue weighted by Gasteiger charge is 2.14. The largest absolute Gasteiger partial charge is 0.493 e. The van der Waals surface area contributed by atoms with E-state index in [1.165, 1.54) is 10.9 Å². The van der Waals surface area contributed by atoms with Gasteiger partial charge in [0.05, 0.1) is 26.0 Å². The molecule has 0 spiro atoms. The SMILES string of the molecule is Cc1ccccc1OCCC(=O)OCCCn1c(=O)c2c(ncn2C)n(C)c1=O. The molecule has 0 atom stereocenters. The van der Waals surface area contributed by atoms with Gasteiger partial charge >= 0.3 is 11.7 Å². The first-order valence-electron chi connectivity index (χ1n) is 9.35. The molecular weight excluding hydrogens is 376 g/mol. The summed E-state index contributed by atoms with van der Waals surface area (Å²) in [6, 6.07) is 7.57. The van der Waals surface area contributed by atoms with E-state index >= 15 is 0 Å². The van der Waals surface area contributed by atoms with E-state index in [4.69, 9.17) is 9.47 Å². The van der Waals surface area contributed by atoms with Crippen molar-refractivity contribution in [3.05, 3.63) is 57.0 Å². The van der Waals surface area contributed by atoms with E-state index in [0.717, 1.165) is 15.9 Å². The van der Waals surface area contributed by atoms with Crippen LogP contribution in [0.5, 0.6) is 5.75 Å². The second kappa shape index (κ2) is 8.76. The standard InChI is InChI=1S/C20H24N4O5/c1-14-7-4-5-8-15(14)28-12-9-16(25)29-11-6-10-24-19(26)17-18(21-13-22(17)2)23(3)20(24)27/h4-5,7-8,13H,6,9-12H2,1-3H3. The summed E-state index contributed by atoms with van der Waals surface area (Å²) >= 11 is 0. The lowest BCUT2D eigenvalue weighted by atomic mass is 10.2. The number of benzene rings is 1. The summed E-state index contributed by atoms with van der Waals surface area (Å²) in [5.41, 5.74) is 0.856. The van der Waals surface area contributed by atoms with Crippen LogP contribution in [0.3, 0.4) is 0 Å². The Morgan fingerprint density at radius 3 is 2.66 bits per heavy atom. The van der Waals surface area contributed by atoms with Gasteiger partial charge in [-0.05, 0) is 25.0 Å². The number of rotatable bonds is 8. The van der Waals surface area contributed by atoms with Crippen LogP contribution in [0.2, 0.25) is 0 Å². The van der Waals surface area contributed by atoms with Gasteiger partial charge in [0.25, 0.3) is 5.56 Å². The van der Waals surface area contributed by atoms with Crippen LogP contribution in [0.15, 0.2) is 40.2 Å². The summed E-state index contributed by atoms with van der Waals surface area (Å²) in [6.07, 6.45) is 1.97. The Kier molecular flexibility index (Phi) is 6.16. The molecule has 0 saturated heterocycles. The summed E-state index contributed by atoms with van der Waals surface area (Å²) in [4.78, 5) is 40.9. The molecule has 2 aromatic heterocycles. The Balaban J connectivity index is 1.50. The highest BCUT2D eigenvalue weighted by molar-refractivity contribution is 5.70. The summed E-state index contributed by atoms with van der Waals surface area (Å²) in [6.45, 7) is 2.42. The molecule has 29 heavy (non-hydrogen) atoms. The highest BCUT2D eigenvalue weighted by Crippen LogP contribution is 2.16. The summed E-state index contributed by atoms with van der Waals surface area (Å²) in [5.74, 6) is 0.349. The van der Waals surface area contributed by atoms with Crippen molar-refractivity contribution in [2.45, 2.75) is 26.3 Å². The Hall–Kier alpha value is -3.36. The summed E-state index contributed by atoms with van der Waals surface area (Å²) < 4.78 is 14.8. The zero-order valence-electron chi connectivity index (χ0n) is 16.8. The molecule has 154 valence electrons. The third-order valence-corrected chi connectivity index (χ3v) is 4.65. The lowest BCUT2D eigenvalue weighted by Crippen LogP contribution is -2.39. The van der Waals surface area contributed by atoms with E-state index in [-0.39, 0.29) is 32.1 Å². The number of nitrogens with zero attached hydrogens (tertiary/aromatic N) is 4. The molecule has 0 aliphatic rings. The fourth-order valence-corrected chi connectivity index (χ4v) is 3.04. The fraction of sp³-hybridized carbons (Fsp3) is 0.400. The molecular formula is C20H24N4O5. The predicted octanol–water partition coefficient (Wildman–Crippen LogP) is 1.14. The molecule has 0 saturated carbocycles. The second-order valence-corrected chi connectivity index (χ2v) is 6.76. The average Bonchev–Trinajstić information content (AvgIpc) is 3.09. The number of aryl methyl sites for hydroxylation is 3. The molecule has 0 aliphatic heterocycles. The number of carbonyl (C=O) groups is 1. The van der Waals surface area contributed by atoms with Gasteiger partial charge in [0, 0.05) is 20.6 Å². The number of esters is 1. The minimum atomic E-state index is -0.445. The van der Waals surface area contributed by atoms with Gasteiger partial charge in [-0.25, -0.2) is 9.78 Å². The topological polar surface area (TPSA) is 97.3 Å². The van der Waals surface area contributed by atoms with Crippen LogP contribution >= 0.6 is 0 Å². The molecule has 3 rings (SSSR count). The van der Waals surface area contributed by atoms with Gasteiger partial charge in [-0.15, -0.1) is 0 Å². The molecule has 0 aliphatic carbocycles. The Bertz CT molecular complexity index is 1140. The number of imidazole rings is 1. The number of hydrogen-bond acceptors (Lipinski definition) is 6. The smallest absolute Gasteiger partial charge is 0.332 e. The molecule has 0 fully saturated rings. The zero-order chi connectivity index (χ0) is 21.0. The maximum Gasteiger partial charge on any atom is 0.332 e. The summed E-state index contributed by atoms with van der Waals surface area (Å²) in [5, 5.41) is 0. The first kappa shape index (κ1) is 20.4. The molecule has 9 heteroatoms. The highest BCUT2D eigenvalue weighted by atomic mass is 16.5. The van der Waals surface area contributed by atoms with Crippen molar-refractivity contribution in [1.29, 1.82) is 0 Å². The van der Waals surface area contributed by atoms with E-state index in [9.17, 15) is 14.4 Å². The number of aromatic nitrogens is 4. The number of para-hydroxylation sites is 1. The first-order valence-corrected chi connectivity index (χ1v) is 9.35. The number of ether oxygens (including phenoxy) is 2. The van der Waals surface area contributed by atoms with Crippen molar-refractivity contribution in [2.24, 2.45) is 14.1 Å². The maximum atomic E-state index is 12.6. The van der Waals surface area contributed by atoms with Crippen molar-refractivity contribution < 1.29 is 14.3 Å². The van der Waals surface area contributed by atoms with Crippen LogP contribution in [0.4, 0.5) is 0 Å². The third kappa shape index (κ3) is 4.39. The van der Waals surface area contributed by atoms with Gasteiger partial charge in [-0.1, -0.05) is 18.2 Å². The van der Waals surface area contributed by atoms with Crippen LogP contribution in [0.25, 0.3) is 11.2 Å².